The molecule has 6 aromatic rings. The molecule has 0 unspecified atom stereocenters. The molecule has 2 heterocycles. The minimum Gasteiger partial charge on any atom is -0.455 e. The second kappa shape index (κ2) is 10.5. The summed E-state index contributed by atoms with van der Waals surface area (Å²) in [5, 5.41) is 6.15. The van der Waals surface area contributed by atoms with Crippen LogP contribution < -0.4 is 0 Å². The highest BCUT2D eigenvalue weighted by molar-refractivity contribution is 6.24. The van der Waals surface area contributed by atoms with E-state index in [9.17, 15) is 1.37 Å². The van der Waals surface area contributed by atoms with Gasteiger partial charge < -0.3 is 4.42 Å². The third-order valence-corrected chi connectivity index (χ3v) is 10.4. The van der Waals surface area contributed by atoms with E-state index in [1.54, 1.807) is 26.8 Å². The van der Waals surface area contributed by atoms with Crippen LogP contribution in [0.5, 0.6) is 0 Å². The maximum atomic E-state index is 9.79. The molecule has 0 bridgehead atoms. The molecule has 0 saturated heterocycles. The molecule has 0 N–H and O–H groups in total. The van der Waals surface area contributed by atoms with Crippen LogP contribution in [-0.2, 0) is 6.37 Å². The Labute approximate surface area is 270 Å². The molecule has 4 aromatic carbocycles. The number of hydrogen-bond acceptors (Lipinski definition) is 2. The molecule has 2 fully saturated rings. The molecule has 0 aliphatic heterocycles. The zero-order valence-corrected chi connectivity index (χ0v) is 26.1. The maximum Gasteiger partial charge on any atom is 0.144 e. The Morgan fingerprint density at radius 3 is 2.36 bits per heavy atom. The first-order valence-corrected chi connectivity index (χ1v) is 16.4. The lowest BCUT2D eigenvalue weighted by molar-refractivity contribution is 0.114. The molecular formula is C42H45NO. The number of para-hydroxylation sites is 1. The van der Waals surface area contributed by atoms with Gasteiger partial charge in [0.25, 0.3) is 0 Å². The number of benzene rings is 4. The third-order valence-electron chi connectivity index (χ3n) is 10.4. The molecule has 0 radical (unpaired) electrons. The zero-order chi connectivity index (χ0) is 35.3. The molecule has 1 spiro atoms. The molecule has 2 saturated carbocycles. The minimum atomic E-state index is -2.52. The Hall–Kier alpha value is -3.65. The Kier molecular flexibility index (Phi) is 5.22. The van der Waals surface area contributed by atoms with Gasteiger partial charge in [-0.05, 0) is 120 Å². The highest BCUT2D eigenvalue weighted by atomic mass is 16.3. The maximum absolute atomic E-state index is 9.79. The quantitative estimate of drug-likeness (QED) is 0.193. The van der Waals surface area contributed by atoms with Crippen LogP contribution in [0.4, 0.5) is 0 Å². The van der Waals surface area contributed by atoms with Crippen molar-refractivity contribution in [3.05, 3.63) is 89.6 Å². The van der Waals surface area contributed by atoms with Crippen molar-refractivity contribution >= 4 is 43.5 Å². The molecule has 2 aromatic heterocycles. The lowest BCUT2D eigenvalue weighted by atomic mass is 9.62. The lowest BCUT2D eigenvalue weighted by Gasteiger charge is -2.43. The van der Waals surface area contributed by atoms with Crippen LogP contribution in [0, 0.1) is 17.7 Å². The van der Waals surface area contributed by atoms with E-state index in [2.05, 4.69) is 47.4 Å². The van der Waals surface area contributed by atoms with Crippen molar-refractivity contribution in [2.24, 2.45) is 10.8 Å². The standard InChI is InChI=1S/C42H45NO/c1-27-26-43-37(24-30(27)25-41(2,3)4)36-13-9-12-34-35-17-15-29-14-16-32-31(10-8-11-33(32)38(29)40(35)44-39(34)36)28-18-22-42(23-19-28)20-6-5-7-21-42/h8-17,24,26,28H,5-7,18-23,25H2,1-4H3/i1D3,25D2,28D. The number of nitrogens with zero attached hydrogens (tertiary/aromatic N) is 1. The summed E-state index contributed by atoms with van der Waals surface area (Å²) in [6, 6.07) is 22.5. The molecule has 2 aliphatic carbocycles. The molecule has 224 valence electrons. The van der Waals surface area contributed by atoms with Crippen LogP contribution in [0.3, 0.4) is 0 Å². The number of hydrogen-bond donors (Lipinski definition) is 0. The number of rotatable bonds is 3. The van der Waals surface area contributed by atoms with E-state index in [1.807, 2.05) is 18.2 Å². The fourth-order valence-corrected chi connectivity index (χ4v) is 8.20. The summed E-state index contributed by atoms with van der Waals surface area (Å²) in [7, 11) is 0. The first-order chi connectivity index (χ1) is 23.6. The van der Waals surface area contributed by atoms with Gasteiger partial charge in [0.1, 0.15) is 11.2 Å². The predicted molar refractivity (Wildman–Crippen MR) is 187 cm³/mol. The van der Waals surface area contributed by atoms with Crippen LogP contribution in [0.2, 0.25) is 0 Å². The van der Waals surface area contributed by atoms with E-state index in [1.165, 1.54) is 38.3 Å². The Bertz CT molecular complexity index is 2280. The van der Waals surface area contributed by atoms with Crippen molar-refractivity contribution in [3.8, 4) is 11.3 Å². The largest absolute Gasteiger partial charge is 0.455 e. The van der Waals surface area contributed by atoms with Crippen LogP contribution in [0.1, 0.15) is 109 Å². The number of aromatic nitrogens is 1. The number of furan rings is 1. The van der Waals surface area contributed by atoms with Crippen LogP contribution >= 0.6 is 0 Å². The molecule has 2 nitrogen and oxygen atoms in total. The lowest BCUT2D eigenvalue weighted by Crippen LogP contribution is -2.29. The molecule has 0 amide bonds. The molecule has 44 heavy (non-hydrogen) atoms. The fourth-order valence-electron chi connectivity index (χ4n) is 8.20. The number of fused-ring (bicyclic) bond motifs is 7. The van der Waals surface area contributed by atoms with Crippen molar-refractivity contribution in [1.82, 2.24) is 4.98 Å². The normalized spacial score (nSPS) is 21.2. The van der Waals surface area contributed by atoms with Crippen LogP contribution in [0.15, 0.2) is 77.3 Å². The molecular weight excluding hydrogens is 534 g/mol. The van der Waals surface area contributed by atoms with Gasteiger partial charge in [-0.3, -0.25) is 4.98 Å². The zero-order valence-electron chi connectivity index (χ0n) is 32.1. The smallest absolute Gasteiger partial charge is 0.144 e. The Morgan fingerprint density at radius 1 is 0.864 bits per heavy atom. The SMILES string of the molecule is [2H]C([2H])([2H])c1cnc(-c2cccc3c2oc2c3ccc3ccc4c(C5([2H])CCC6(CCCCC6)CC5)cccc4c32)cc1C([2H])([2H])C(C)(C)C. The summed E-state index contributed by atoms with van der Waals surface area (Å²) in [5.74, 6) is -0.618. The van der Waals surface area contributed by atoms with Crippen molar-refractivity contribution < 1.29 is 12.6 Å². The summed E-state index contributed by atoms with van der Waals surface area (Å²) in [4.78, 5) is 4.60. The van der Waals surface area contributed by atoms with Gasteiger partial charge in [0.05, 0.1) is 5.69 Å². The van der Waals surface area contributed by atoms with Gasteiger partial charge in [-0.15, -0.1) is 0 Å². The van der Waals surface area contributed by atoms with E-state index in [0.29, 0.717) is 22.3 Å². The first kappa shape index (κ1) is 22.0. The van der Waals surface area contributed by atoms with Crippen molar-refractivity contribution in [2.75, 3.05) is 0 Å². The highest BCUT2D eigenvalue weighted by Gasteiger charge is 2.36. The van der Waals surface area contributed by atoms with Gasteiger partial charge in [0.2, 0.25) is 0 Å². The summed E-state index contributed by atoms with van der Waals surface area (Å²) in [5.41, 5.74) is 3.27. The fraction of sp³-hybridized carbons (Fsp3) is 0.405. The predicted octanol–water partition coefficient (Wildman–Crippen LogP) is 12.5. The van der Waals surface area contributed by atoms with Crippen molar-refractivity contribution in [2.45, 2.75) is 97.7 Å². The van der Waals surface area contributed by atoms with E-state index in [-0.39, 0.29) is 11.1 Å². The summed E-state index contributed by atoms with van der Waals surface area (Å²) in [6.45, 7) is 2.82. The number of aryl methyl sites for hydroxylation is 1. The van der Waals surface area contributed by atoms with Gasteiger partial charge in [0.15, 0.2) is 0 Å². The molecule has 2 heteroatoms. The topological polar surface area (TPSA) is 26.0 Å². The Morgan fingerprint density at radius 2 is 1.59 bits per heavy atom. The summed E-state index contributed by atoms with van der Waals surface area (Å²) < 4.78 is 59.1. The summed E-state index contributed by atoms with van der Waals surface area (Å²) in [6.07, 6.45) is 10.1. The average molecular weight is 586 g/mol. The van der Waals surface area contributed by atoms with E-state index < -0.39 is 24.5 Å². The van der Waals surface area contributed by atoms with Gasteiger partial charge in [0, 0.05) is 36.1 Å². The molecule has 2 aliphatic rings. The first-order valence-electron chi connectivity index (χ1n) is 19.4. The average Bonchev–Trinajstić information content (AvgIpc) is 3.48. The second-order valence-corrected chi connectivity index (χ2v) is 14.4. The van der Waals surface area contributed by atoms with Crippen LogP contribution in [0.25, 0.3) is 54.7 Å². The molecule has 0 atom stereocenters. The minimum absolute atomic E-state index is 0.0785. The van der Waals surface area contributed by atoms with Gasteiger partial charge in [-0.25, -0.2) is 0 Å². The van der Waals surface area contributed by atoms with E-state index >= 15 is 0 Å². The molecule has 8 rings (SSSR count). The van der Waals surface area contributed by atoms with Gasteiger partial charge in [-0.1, -0.05) is 88.6 Å². The van der Waals surface area contributed by atoms with Crippen LogP contribution in [-0.4, -0.2) is 4.98 Å². The summed E-state index contributed by atoms with van der Waals surface area (Å²) >= 11 is 0. The van der Waals surface area contributed by atoms with E-state index in [4.69, 9.17) is 11.3 Å². The second-order valence-electron chi connectivity index (χ2n) is 14.4. The van der Waals surface area contributed by atoms with Gasteiger partial charge in [-0.2, -0.15) is 0 Å². The third kappa shape index (κ3) is 4.73. The van der Waals surface area contributed by atoms with Crippen molar-refractivity contribution in [3.63, 3.8) is 0 Å². The van der Waals surface area contributed by atoms with Crippen molar-refractivity contribution in [1.29, 1.82) is 0 Å². The monoisotopic (exact) mass is 585 g/mol. The van der Waals surface area contributed by atoms with Gasteiger partial charge >= 0.3 is 0 Å². The highest BCUT2D eigenvalue weighted by Crippen LogP contribution is 2.52. The Balaban J connectivity index is 1.29. The number of pyridine rings is 1. The van der Waals surface area contributed by atoms with E-state index in [0.717, 1.165) is 69.1 Å².